The Labute approximate surface area is 110 Å². The number of rotatable bonds is 6. The molecule has 0 radical (unpaired) electrons. The molecule has 0 aliphatic rings. The Morgan fingerprint density at radius 2 is 2.22 bits per heavy atom. The molecule has 6 heteroatoms. The minimum atomic E-state index is -0.385. The van der Waals surface area contributed by atoms with E-state index in [4.69, 9.17) is 0 Å². The third-order valence-electron chi connectivity index (χ3n) is 2.40. The summed E-state index contributed by atoms with van der Waals surface area (Å²) in [6.07, 6.45) is 0.382. The van der Waals surface area contributed by atoms with Crippen LogP contribution in [0.15, 0.2) is 18.2 Å². The number of hydrogen-bond acceptors (Lipinski definition) is 5. The van der Waals surface area contributed by atoms with Gasteiger partial charge >= 0.3 is 5.97 Å². The van der Waals surface area contributed by atoms with Crippen LogP contribution in [0.4, 0.5) is 5.69 Å². The molecule has 0 aliphatic heterocycles. The summed E-state index contributed by atoms with van der Waals surface area (Å²) in [5.41, 5.74) is 1.82. The molecule has 0 spiro atoms. The Morgan fingerprint density at radius 1 is 1.50 bits per heavy atom. The number of nitro groups is 1. The molecule has 5 nitrogen and oxygen atoms in total. The molecule has 0 saturated carbocycles. The normalized spacial score (nSPS) is 10.1. The monoisotopic (exact) mass is 269 g/mol. The molecule has 98 valence electrons. The van der Waals surface area contributed by atoms with E-state index in [1.807, 2.05) is 6.07 Å². The van der Waals surface area contributed by atoms with Crippen molar-refractivity contribution in [1.82, 2.24) is 0 Å². The second-order valence-electron chi connectivity index (χ2n) is 3.76. The minimum absolute atomic E-state index is 0.137. The first kappa shape index (κ1) is 14.5. The quantitative estimate of drug-likeness (QED) is 0.344. The summed E-state index contributed by atoms with van der Waals surface area (Å²) < 4.78 is 4.54. The summed E-state index contributed by atoms with van der Waals surface area (Å²) in [5, 5.41) is 10.7. The van der Waals surface area contributed by atoms with Gasteiger partial charge in [0.25, 0.3) is 5.69 Å². The molecule has 0 saturated heterocycles. The zero-order valence-corrected chi connectivity index (χ0v) is 11.2. The molecule has 1 rings (SSSR count). The standard InChI is InChI=1S/C12H15NO4S/c1-9-7-10(3-4-11(9)13(15)16)8-18-6-5-12(14)17-2/h3-4,7H,5-6,8H2,1-2H3. The van der Waals surface area contributed by atoms with E-state index in [0.717, 1.165) is 11.3 Å². The molecular weight excluding hydrogens is 254 g/mol. The number of hydrogen-bond donors (Lipinski definition) is 0. The fourth-order valence-electron chi connectivity index (χ4n) is 1.46. The number of methoxy groups -OCH3 is 1. The van der Waals surface area contributed by atoms with Gasteiger partial charge in [0.2, 0.25) is 0 Å². The summed E-state index contributed by atoms with van der Waals surface area (Å²) in [7, 11) is 1.37. The van der Waals surface area contributed by atoms with Crippen LogP contribution in [0.25, 0.3) is 0 Å². The van der Waals surface area contributed by atoms with Gasteiger partial charge in [-0.05, 0) is 18.6 Å². The van der Waals surface area contributed by atoms with Crippen molar-refractivity contribution in [3.63, 3.8) is 0 Å². The van der Waals surface area contributed by atoms with E-state index in [1.54, 1.807) is 24.8 Å². The Balaban J connectivity index is 2.46. The molecule has 0 heterocycles. The smallest absolute Gasteiger partial charge is 0.306 e. The molecular formula is C12H15NO4S. The van der Waals surface area contributed by atoms with Gasteiger partial charge in [-0.3, -0.25) is 14.9 Å². The van der Waals surface area contributed by atoms with Crippen molar-refractivity contribution >= 4 is 23.4 Å². The van der Waals surface area contributed by atoms with Crippen molar-refractivity contribution in [2.24, 2.45) is 0 Å². The number of nitro benzene ring substituents is 1. The Kier molecular flexibility index (Phi) is 5.64. The van der Waals surface area contributed by atoms with E-state index in [2.05, 4.69) is 4.74 Å². The van der Waals surface area contributed by atoms with Crippen LogP contribution in [0.3, 0.4) is 0 Å². The molecule has 0 unspecified atom stereocenters. The largest absolute Gasteiger partial charge is 0.469 e. The highest BCUT2D eigenvalue weighted by atomic mass is 32.2. The minimum Gasteiger partial charge on any atom is -0.469 e. The van der Waals surface area contributed by atoms with Gasteiger partial charge in [0.15, 0.2) is 0 Å². The summed E-state index contributed by atoms with van der Waals surface area (Å²) >= 11 is 1.60. The summed E-state index contributed by atoms with van der Waals surface area (Å²) in [6, 6.07) is 5.07. The Morgan fingerprint density at radius 3 is 2.78 bits per heavy atom. The highest BCUT2D eigenvalue weighted by molar-refractivity contribution is 7.98. The molecule has 0 atom stereocenters. The van der Waals surface area contributed by atoms with Gasteiger partial charge in [0.05, 0.1) is 18.5 Å². The lowest BCUT2D eigenvalue weighted by atomic mass is 10.1. The number of benzene rings is 1. The van der Waals surface area contributed by atoms with Gasteiger partial charge in [-0.15, -0.1) is 0 Å². The SMILES string of the molecule is COC(=O)CCSCc1ccc([N+](=O)[O-])c(C)c1. The van der Waals surface area contributed by atoms with Gasteiger partial charge < -0.3 is 4.74 Å². The van der Waals surface area contributed by atoms with Crippen LogP contribution in [0.1, 0.15) is 17.5 Å². The van der Waals surface area contributed by atoms with Gasteiger partial charge in [-0.2, -0.15) is 11.8 Å². The average molecular weight is 269 g/mol. The third-order valence-corrected chi connectivity index (χ3v) is 3.44. The maximum Gasteiger partial charge on any atom is 0.306 e. The lowest BCUT2D eigenvalue weighted by molar-refractivity contribution is -0.385. The topological polar surface area (TPSA) is 69.4 Å². The molecule has 0 aromatic heterocycles. The molecule has 1 aromatic carbocycles. The van der Waals surface area contributed by atoms with Crippen molar-refractivity contribution < 1.29 is 14.5 Å². The van der Waals surface area contributed by atoms with Gasteiger partial charge in [-0.25, -0.2) is 0 Å². The average Bonchev–Trinajstić information content (AvgIpc) is 2.34. The zero-order chi connectivity index (χ0) is 13.5. The van der Waals surface area contributed by atoms with Gasteiger partial charge in [0, 0.05) is 23.1 Å². The number of esters is 1. The second kappa shape index (κ2) is 7.00. The van der Waals surface area contributed by atoms with E-state index in [9.17, 15) is 14.9 Å². The predicted molar refractivity (Wildman–Crippen MR) is 70.6 cm³/mol. The van der Waals surface area contributed by atoms with Crippen LogP contribution in [-0.4, -0.2) is 23.8 Å². The summed E-state index contributed by atoms with van der Waals surface area (Å²) in [6.45, 7) is 1.72. The van der Waals surface area contributed by atoms with Crippen LogP contribution in [0.2, 0.25) is 0 Å². The van der Waals surface area contributed by atoms with Crippen molar-refractivity contribution in [2.75, 3.05) is 12.9 Å². The number of carbonyl (C=O) groups is 1. The fourth-order valence-corrected chi connectivity index (χ4v) is 2.33. The van der Waals surface area contributed by atoms with Crippen LogP contribution in [0, 0.1) is 17.0 Å². The number of nitrogens with zero attached hydrogens (tertiary/aromatic N) is 1. The first-order valence-corrected chi connectivity index (χ1v) is 6.58. The Bertz CT molecular complexity index is 448. The van der Waals surface area contributed by atoms with E-state index in [-0.39, 0.29) is 16.6 Å². The number of aryl methyl sites for hydroxylation is 1. The number of thioether (sulfide) groups is 1. The van der Waals surface area contributed by atoms with Crippen LogP contribution < -0.4 is 0 Å². The first-order valence-electron chi connectivity index (χ1n) is 5.43. The van der Waals surface area contributed by atoms with E-state index in [0.29, 0.717) is 17.7 Å². The first-order chi connectivity index (χ1) is 8.54. The van der Waals surface area contributed by atoms with Crippen molar-refractivity contribution in [3.05, 3.63) is 39.4 Å². The fraction of sp³-hybridized carbons (Fsp3) is 0.417. The van der Waals surface area contributed by atoms with Gasteiger partial charge in [-0.1, -0.05) is 6.07 Å². The molecule has 0 aliphatic carbocycles. The Hall–Kier alpha value is -1.56. The third kappa shape index (κ3) is 4.37. The zero-order valence-electron chi connectivity index (χ0n) is 10.3. The second-order valence-corrected chi connectivity index (χ2v) is 4.86. The van der Waals surface area contributed by atoms with Crippen molar-refractivity contribution in [3.8, 4) is 0 Å². The molecule has 0 bridgehead atoms. The van der Waals surface area contributed by atoms with Crippen molar-refractivity contribution in [1.29, 1.82) is 0 Å². The number of ether oxygens (including phenoxy) is 1. The highest BCUT2D eigenvalue weighted by Crippen LogP contribution is 2.21. The van der Waals surface area contributed by atoms with Crippen LogP contribution >= 0.6 is 11.8 Å². The lowest BCUT2D eigenvalue weighted by Gasteiger charge is -2.03. The lowest BCUT2D eigenvalue weighted by Crippen LogP contribution is -2.01. The predicted octanol–water partition coefficient (Wildman–Crippen LogP) is 2.70. The molecule has 0 amide bonds. The van der Waals surface area contributed by atoms with E-state index < -0.39 is 0 Å². The van der Waals surface area contributed by atoms with E-state index >= 15 is 0 Å². The van der Waals surface area contributed by atoms with E-state index in [1.165, 1.54) is 13.2 Å². The van der Waals surface area contributed by atoms with Crippen LogP contribution in [-0.2, 0) is 15.3 Å². The van der Waals surface area contributed by atoms with Crippen LogP contribution in [0.5, 0.6) is 0 Å². The molecule has 0 fully saturated rings. The summed E-state index contributed by atoms with van der Waals surface area (Å²) in [5.74, 6) is 1.20. The molecule has 18 heavy (non-hydrogen) atoms. The molecule has 0 N–H and O–H groups in total. The highest BCUT2D eigenvalue weighted by Gasteiger charge is 2.10. The number of carbonyl (C=O) groups excluding carboxylic acids is 1. The molecule has 1 aromatic rings. The maximum atomic E-state index is 10.9. The van der Waals surface area contributed by atoms with Crippen molar-refractivity contribution in [2.45, 2.75) is 19.1 Å². The van der Waals surface area contributed by atoms with Gasteiger partial charge in [0.1, 0.15) is 0 Å². The maximum absolute atomic E-state index is 10.9. The summed E-state index contributed by atoms with van der Waals surface area (Å²) in [4.78, 5) is 21.2.